The van der Waals surface area contributed by atoms with Crippen LogP contribution in [-0.4, -0.2) is 50.7 Å². The number of benzene rings is 2. The highest BCUT2D eigenvalue weighted by atomic mass is 32.1. The third-order valence-electron chi connectivity index (χ3n) is 6.39. The smallest absolute Gasteiger partial charge is 0.353 e. The number of hydrogen-bond acceptors (Lipinski definition) is 10. The molecule has 1 aliphatic heterocycles. The highest BCUT2D eigenvalue weighted by Crippen LogP contribution is 2.34. The van der Waals surface area contributed by atoms with Gasteiger partial charge in [0.2, 0.25) is 11.6 Å². The molecule has 4 aromatic rings. The first-order valence-electron chi connectivity index (χ1n) is 11.7. The Balaban J connectivity index is 1.30. The van der Waals surface area contributed by atoms with Crippen LogP contribution in [0, 0.1) is 24.0 Å². The van der Waals surface area contributed by atoms with E-state index in [2.05, 4.69) is 61.8 Å². The molecule has 0 radical (unpaired) electrons. The van der Waals surface area contributed by atoms with E-state index in [9.17, 15) is 10.1 Å². The Kier molecular flexibility index (Phi) is 6.72. The monoisotopic (exact) mass is 502 g/mol. The Hall–Kier alpha value is -4.12. The van der Waals surface area contributed by atoms with E-state index < -0.39 is 4.92 Å². The molecule has 1 saturated heterocycles. The average Bonchev–Trinajstić information content (AvgIpc) is 3.43. The number of para-hydroxylation sites is 1. The van der Waals surface area contributed by atoms with Gasteiger partial charge in [0, 0.05) is 49.4 Å². The molecule has 36 heavy (non-hydrogen) atoms. The Morgan fingerprint density at radius 3 is 2.33 bits per heavy atom. The van der Waals surface area contributed by atoms with Gasteiger partial charge in [0.1, 0.15) is 12.0 Å². The van der Waals surface area contributed by atoms with Gasteiger partial charge in [-0.1, -0.05) is 47.0 Å². The zero-order chi connectivity index (χ0) is 25.1. The number of nitrogens with one attached hydrogen (secondary N) is 1. The van der Waals surface area contributed by atoms with Gasteiger partial charge >= 0.3 is 5.69 Å². The second-order valence-electron chi connectivity index (χ2n) is 8.71. The number of piperazine rings is 1. The molecule has 0 aliphatic carbocycles. The Morgan fingerprint density at radius 2 is 1.69 bits per heavy atom. The normalized spacial score (nSPS) is 13.6. The van der Waals surface area contributed by atoms with Crippen LogP contribution in [0.4, 0.5) is 23.0 Å². The molecular formula is C25H26N8O2S. The quantitative estimate of drug-likeness (QED) is 0.289. The summed E-state index contributed by atoms with van der Waals surface area (Å²) in [5.74, 6) is 0.569. The molecule has 3 heterocycles. The summed E-state index contributed by atoms with van der Waals surface area (Å²) in [4.78, 5) is 24.5. The van der Waals surface area contributed by atoms with Crippen molar-refractivity contribution in [3.63, 3.8) is 0 Å². The maximum absolute atomic E-state index is 12.1. The van der Waals surface area contributed by atoms with Crippen molar-refractivity contribution in [2.75, 3.05) is 41.3 Å². The van der Waals surface area contributed by atoms with Gasteiger partial charge in [-0.2, -0.15) is 0 Å². The lowest BCUT2D eigenvalue weighted by Gasteiger charge is -2.37. The molecule has 1 aliphatic rings. The summed E-state index contributed by atoms with van der Waals surface area (Å²) in [5, 5.41) is 21.2. The number of rotatable bonds is 7. The van der Waals surface area contributed by atoms with Gasteiger partial charge < -0.3 is 15.1 Å². The van der Waals surface area contributed by atoms with Crippen LogP contribution in [0.5, 0.6) is 0 Å². The molecule has 0 atom stereocenters. The second kappa shape index (κ2) is 10.2. The lowest BCUT2D eigenvalue weighted by atomic mass is 10.1. The molecule has 0 bridgehead atoms. The standard InChI is InChI=1S/C25H26N8O2S/c1-17-4-3-5-18(2)22(17)31-10-12-32(13-11-31)25-23(33(34)35)24(27-16-28-25)26-14-19-6-8-20(9-7-19)21-15-36-30-29-21/h3-9,15-16H,10-14H2,1-2H3,(H,26,27,28). The number of nitrogens with zero attached hydrogens (tertiary/aromatic N) is 7. The van der Waals surface area contributed by atoms with E-state index in [4.69, 9.17) is 0 Å². The fraction of sp³-hybridized carbons (Fsp3) is 0.280. The van der Waals surface area contributed by atoms with E-state index in [1.807, 2.05) is 34.5 Å². The van der Waals surface area contributed by atoms with Gasteiger partial charge in [0.25, 0.3) is 0 Å². The van der Waals surface area contributed by atoms with E-state index in [-0.39, 0.29) is 11.5 Å². The van der Waals surface area contributed by atoms with E-state index in [0.29, 0.717) is 25.5 Å². The molecule has 1 fully saturated rings. The van der Waals surface area contributed by atoms with Crippen LogP contribution >= 0.6 is 11.5 Å². The highest BCUT2D eigenvalue weighted by molar-refractivity contribution is 7.03. The van der Waals surface area contributed by atoms with Crippen LogP contribution in [0.3, 0.4) is 0 Å². The van der Waals surface area contributed by atoms with Gasteiger partial charge in [0.05, 0.1) is 4.92 Å². The molecule has 5 rings (SSSR count). The molecule has 184 valence electrons. The summed E-state index contributed by atoms with van der Waals surface area (Å²) >= 11 is 1.31. The highest BCUT2D eigenvalue weighted by Gasteiger charge is 2.29. The molecular weight excluding hydrogens is 476 g/mol. The summed E-state index contributed by atoms with van der Waals surface area (Å²) in [6, 6.07) is 14.1. The Labute approximate surface area is 213 Å². The predicted octanol–water partition coefficient (Wildman–Crippen LogP) is 4.46. The number of hydrogen-bond donors (Lipinski definition) is 1. The van der Waals surface area contributed by atoms with Crippen LogP contribution in [-0.2, 0) is 6.54 Å². The minimum absolute atomic E-state index is 0.0943. The molecule has 2 aromatic carbocycles. The van der Waals surface area contributed by atoms with Crippen LogP contribution in [0.25, 0.3) is 11.3 Å². The summed E-state index contributed by atoms with van der Waals surface area (Å²) in [5.41, 5.74) is 6.39. The van der Waals surface area contributed by atoms with Crippen molar-refractivity contribution in [2.24, 2.45) is 0 Å². The van der Waals surface area contributed by atoms with Crippen molar-refractivity contribution >= 4 is 34.5 Å². The average molecular weight is 503 g/mol. The van der Waals surface area contributed by atoms with Crippen molar-refractivity contribution in [3.05, 3.63) is 81.0 Å². The number of aromatic nitrogens is 4. The van der Waals surface area contributed by atoms with E-state index in [0.717, 1.165) is 29.9 Å². The summed E-state index contributed by atoms with van der Waals surface area (Å²) in [7, 11) is 0. The molecule has 0 unspecified atom stereocenters. The Bertz CT molecular complexity index is 1330. The summed E-state index contributed by atoms with van der Waals surface area (Å²) in [6.45, 7) is 7.42. The van der Waals surface area contributed by atoms with Gasteiger partial charge in [-0.3, -0.25) is 10.1 Å². The van der Waals surface area contributed by atoms with Gasteiger partial charge in [0.15, 0.2) is 0 Å². The maximum Gasteiger partial charge on any atom is 0.353 e. The van der Waals surface area contributed by atoms with Crippen molar-refractivity contribution in [3.8, 4) is 11.3 Å². The minimum Gasteiger partial charge on any atom is -0.368 e. The lowest BCUT2D eigenvalue weighted by molar-refractivity contribution is -0.383. The molecule has 0 spiro atoms. The van der Waals surface area contributed by atoms with Crippen molar-refractivity contribution in [1.29, 1.82) is 0 Å². The number of nitro groups is 1. The minimum atomic E-state index is -0.395. The van der Waals surface area contributed by atoms with Gasteiger partial charge in [-0.25, -0.2) is 9.97 Å². The first kappa shape index (κ1) is 23.6. The van der Waals surface area contributed by atoms with Crippen molar-refractivity contribution in [1.82, 2.24) is 19.6 Å². The van der Waals surface area contributed by atoms with Crippen LogP contribution < -0.4 is 15.1 Å². The number of anilines is 3. The summed E-state index contributed by atoms with van der Waals surface area (Å²) in [6.07, 6.45) is 1.39. The van der Waals surface area contributed by atoms with Gasteiger partial charge in [-0.05, 0) is 42.1 Å². The summed E-state index contributed by atoms with van der Waals surface area (Å²) < 4.78 is 3.89. The van der Waals surface area contributed by atoms with E-state index in [1.54, 1.807) is 0 Å². The number of aryl methyl sites for hydroxylation is 2. The first-order chi connectivity index (χ1) is 17.5. The van der Waals surface area contributed by atoms with Crippen LogP contribution in [0.1, 0.15) is 16.7 Å². The fourth-order valence-electron chi connectivity index (χ4n) is 4.61. The lowest BCUT2D eigenvalue weighted by Crippen LogP contribution is -2.47. The zero-order valence-corrected chi connectivity index (χ0v) is 20.9. The van der Waals surface area contributed by atoms with Crippen LogP contribution in [0.15, 0.2) is 54.2 Å². The molecule has 2 aromatic heterocycles. The predicted molar refractivity (Wildman–Crippen MR) is 142 cm³/mol. The third kappa shape index (κ3) is 4.82. The van der Waals surface area contributed by atoms with E-state index in [1.165, 1.54) is 34.7 Å². The molecule has 11 heteroatoms. The second-order valence-corrected chi connectivity index (χ2v) is 9.32. The maximum atomic E-state index is 12.1. The zero-order valence-electron chi connectivity index (χ0n) is 20.1. The molecule has 1 N–H and O–H groups in total. The van der Waals surface area contributed by atoms with Crippen molar-refractivity contribution < 1.29 is 4.92 Å². The fourth-order valence-corrected chi connectivity index (χ4v) is 5.08. The molecule has 10 nitrogen and oxygen atoms in total. The molecule has 0 saturated carbocycles. The molecule has 0 amide bonds. The first-order valence-corrected chi connectivity index (χ1v) is 12.5. The van der Waals surface area contributed by atoms with Gasteiger partial charge in [-0.15, -0.1) is 5.10 Å². The third-order valence-corrected chi connectivity index (χ3v) is 6.89. The van der Waals surface area contributed by atoms with E-state index >= 15 is 0 Å². The Morgan fingerprint density at radius 1 is 1.00 bits per heavy atom. The largest absolute Gasteiger partial charge is 0.368 e. The topological polar surface area (TPSA) is 113 Å². The SMILES string of the molecule is Cc1cccc(C)c1N1CCN(c2ncnc(NCc3ccc(-c4csnn4)cc3)c2[N+](=O)[O-])CC1. The van der Waals surface area contributed by atoms with Crippen molar-refractivity contribution in [2.45, 2.75) is 20.4 Å². The van der Waals surface area contributed by atoms with Crippen LogP contribution in [0.2, 0.25) is 0 Å².